The Kier molecular flexibility index (Phi) is 1.73. The van der Waals surface area contributed by atoms with Crippen LogP contribution in [0.2, 0.25) is 0 Å². The van der Waals surface area contributed by atoms with Gasteiger partial charge in [-0.2, -0.15) is 8.42 Å². The molecule has 10 heavy (non-hydrogen) atoms. The summed E-state index contributed by atoms with van der Waals surface area (Å²) in [6.07, 6.45) is -1.58. The minimum absolute atomic E-state index is 0.301. The summed E-state index contributed by atoms with van der Waals surface area (Å²) in [5.74, 6) is -0.904. The molecule has 5 nitrogen and oxygen atoms in total. The highest BCUT2D eigenvalue weighted by Gasteiger charge is 2.32. The molecule has 1 heterocycles. The lowest BCUT2D eigenvalue weighted by molar-refractivity contribution is -0.144. The summed E-state index contributed by atoms with van der Waals surface area (Å²) in [6, 6.07) is 0. The number of hydrogen-bond acceptors (Lipinski definition) is 5. The van der Waals surface area contributed by atoms with Crippen molar-refractivity contribution in [3.63, 3.8) is 0 Å². The molecule has 0 aromatic carbocycles. The number of esters is 1. The van der Waals surface area contributed by atoms with E-state index < -0.39 is 22.4 Å². The molecule has 6 heteroatoms. The van der Waals surface area contributed by atoms with Gasteiger partial charge >= 0.3 is 5.97 Å². The van der Waals surface area contributed by atoms with Crippen molar-refractivity contribution in [1.29, 1.82) is 0 Å². The zero-order valence-corrected chi connectivity index (χ0v) is 5.59. The third-order valence-electron chi connectivity index (χ3n) is 1.10. The summed E-state index contributed by atoms with van der Waals surface area (Å²) < 4.78 is 24.5. The van der Waals surface area contributed by atoms with E-state index in [0.29, 0.717) is 0 Å². The van der Waals surface area contributed by atoms with E-state index in [-0.39, 0.29) is 11.5 Å². The predicted molar refractivity (Wildman–Crippen MR) is 30.9 cm³/mol. The van der Waals surface area contributed by atoms with Gasteiger partial charge in [0.2, 0.25) is 10.3 Å². The van der Waals surface area contributed by atoms with E-state index in [1.807, 2.05) is 0 Å². The Hall–Kier alpha value is -0.880. The standard InChI is InChI=1S/C4H4O5S/c5-3-2(10(7)8)1-9-4(3)6/h3,5H,1H2. The van der Waals surface area contributed by atoms with E-state index in [2.05, 4.69) is 4.74 Å². The van der Waals surface area contributed by atoms with Crippen LogP contribution < -0.4 is 0 Å². The Morgan fingerprint density at radius 2 is 2.20 bits per heavy atom. The van der Waals surface area contributed by atoms with Crippen molar-refractivity contribution < 1.29 is 23.1 Å². The van der Waals surface area contributed by atoms with Crippen molar-refractivity contribution in [2.45, 2.75) is 6.10 Å². The van der Waals surface area contributed by atoms with E-state index in [1.165, 1.54) is 0 Å². The van der Waals surface area contributed by atoms with Gasteiger partial charge in [-0.25, -0.2) is 4.79 Å². The molecule has 0 bridgehead atoms. The Balaban J connectivity index is 3.09. The van der Waals surface area contributed by atoms with E-state index in [4.69, 9.17) is 5.11 Å². The summed E-state index contributed by atoms with van der Waals surface area (Å²) in [6.45, 7) is -0.323. The van der Waals surface area contributed by atoms with Gasteiger partial charge in [0.15, 0.2) is 6.10 Å². The molecule has 0 amide bonds. The highest BCUT2D eigenvalue weighted by atomic mass is 32.2. The van der Waals surface area contributed by atoms with Crippen molar-refractivity contribution in [2.75, 3.05) is 6.61 Å². The minimum Gasteiger partial charge on any atom is -0.458 e. The van der Waals surface area contributed by atoms with Gasteiger partial charge in [0.25, 0.3) is 0 Å². The van der Waals surface area contributed by atoms with Crippen LogP contribution in [0.5, 0.6) is 0 Å². The third kappa shape index (κ3) is 1.03. The topological polar surface area (TPSA) is 80.7 Å². The van der Waals surface area contributed by atoms with Crippen LogP contribution in [0.4, 0.5) is 0 Å². The van der Waals surface area contributed by atoms with Gasteiger partial charge in [-0.05, 0) is 0 Å². The van der Waals surface area contributed by atoms with Gasteiger partial charge in [-0.3, -0.25) is 0 Å². The Bertz CT molecular complexity index is 279. The number of ether oxygens (including phenoxy) is 1. The van der Waals surface area contributed by atoms with E-state index in [0.717, 1.165) is 0 Å². The largest absolute Gasteiger partial charge is 0.458 e. The first-order chi connectivity index (χ1) is 4.63. The first-order valence-corrected chi connectivity index (χ1v) is 3.50. The van der Waals surface area contributed by atoms with Crippen LogP contribution in [-0.4, -0.2) is 37.1 Å². The molecule has 0 saturated carbocycles. The van der Waals surface area contributed by atoms with Crippen molar-refractivity contribution >= 4 is 21.1 Å². The molecule has 0 radical (unpaired) electrons. The fourth-order valence-electron chi connectivity index (χ4n) is 0.571. The smallest absolute Gasteiger partial charge is 0.340 e. The second kappa shape index (κ2) is 2.39. The molecule has 1 aliphatic heterocycles. The summed E-state index contributed by atoms with van der Waals surface area (Å²) in [7, 11) is -2.52. The summed E-state index contributed by atoms with van der Waals surface area (Å²) in [5, 5.41) is 8.72. The molecule has 1 aliphatic rings. The van der Waals surface area contributed by atoms with Gasteiger partial charge < -0.3 is 9.84 Å². The van der Waals surface area contributed by atoms with E-state index in [9.17, 15) is 13.2 Å². The van der Waals surface area contributed by atoms with Gasteiger partial charge in [0, 0.05) is 0 Å². The van der Waals surface area contributed by atoms with E-state index >= 15 is 0 Å². The van der Waals surface area contributed by atoms with Gasteiger partial charge in [0.1, 0.15) is 11.5 Å². The molecule has 0 aromatic rings. The Morgan fingerprint density at radius 3 is 2.40 bits per heavy atom. The number of aliphatic hydroxyl groups excluding tert-OH is 1. The van der Waals surface area contributed by atoms with Crippen molar-refractivity contribution in [1.82, 2.24) is 0 Å². The van der Waals surface area contributed by atoms with Gasteiger partial charge in [-0.1, -0.05) is 0 Å². The van der Waals surface area contributed by atoms with Crippen LogP contribution in [0.3, 0.4) is 0 Å². The normalized spacial score (nSPS) is 24.7. The molecular formula is C4H4O5S. The average Bonchev–Trinajstić information content (AvgIpc) is 2.14. The predicted octanol–water partition coefficient (Wildman–Crippen LogP) is -2.04. The number of hydrogen-bond donors (Lipinski definition) is 1. The summed E-state index contributed by atoms with van der Waals surface area (Å²) in [4.78, 5) is 10.0. The van der Waals surface area contributed by atoms with E-state index in [1.54, 1.807) is 0 Å². The third-order valence-corrected chi connectivity index (χ3v) is 1.87. The molecule has 0 aromatic heterocycles. The summed E-state index contributed by atoms with van der Waals surface area (Å²) in [5.41, 5.74) is 0. The maximum Gasteiger partial charge on any atom is 0.340 e. The fourth-order valence-corrected chi connectivity index (χ4v) is 1.00. The maximum atomic E-state index is 10.3. The van der Waals surface area contributed by atoms with Crippen molar-refractivity contribution in [3.05, 3.63) is 0 Å². The zero-order valence-electron chi connectivity index (χ0n) is 4.77. The first kappa shape index (κ1) is 7.23. The average molecular weight is 164 g/mol. The molecular weight excluding hydrogens is 160 g/mol. The highest BCUT2D eigenvalue weighted by molar-refractivity contribution is 7.73. The Morgan fingerprint density at radius 1 is 1.60 bits per heavy atom. The fraction of sp³-hybridized carbons (Fsp3) is 0.500. The molecule has 1 saturated heterocycles. The first-order valence-electron chi connectivity index (χ1n) is 2.42. The molecule has 56 valence electrons. The lowest BCUT2D eigenvalue weighted by atomic mass is 10.3. The second-order valence-corrected chi connectivity index (χ2v) is 2.71. The number of rotatable bonds is 0. The van der Waals surface area contributed by atoms with Gasteiger partial charge in [-0.15, -0.1) is 0 Å². The van der Waals surface area contributed by atoms with Crippen molar-refractivity contribution in [3.8, 4) is 0 Å². The highest BCUT2D eigenvalue weighted by Crippen LogP contribution is 2.01. The molecule has 0 aliphatic carbocycles. The van der Waals surface area contributed by atoms with Crippen LogP contribution in [0.25, 0.3) is 0 Å². The molecule has 1 rings (SSSR count). The van der Waals surface area contributed by atoms with Crippen LogP contribution in [-0.2, 0) is 19.8 Å². The SMILES string of the molecule is O=C1OCC(=S(=O)=O)C1O. The van der Waals surface area contributed by atoms with Crippen LogP contribution >= 0.6 is 0 Å². The number of carbonyl (C=O) groups is 1. The Labute approximate surface area is 57.8 Å². The van der Waals surface area contributed by atoms with Crippen molar-refractivity contribution in [2.24, 2.45) is 0 Å². The number of cyclic esters (lactones) is 1. The molecule has 1 N–H and O–H groups in total. The molecule has 1 fully saturated rings. The monoisotopic (exact) mass is 164 g/mol. The molecule has 0 spiro atoms. The molecule has 1 atom stereocenters. The quantitative estimate of drug-likeness (QED) is 0.329. The molecule has 1 unspecified atom stereocenters. The minimum atomic E-state index is -2.52. The lowest BCUT2D eigenvalue weighted by Gasteiger charge is -1.89. The second-order valence-electron chi connectivity index (χ2n) is 1.71. The van der Waals surface area contributed by atoms with Crippen LogP contribution in [0, 0.1) is 0 Å². The lowest BCUT2D eigenvalue weighted by Crippen LogP contribution is -2.22. The summed E-state index contributed by atoms with van der Waals surface area (Å²) >= 11 is 0. The maximum absolute atomic E-state index is 10.3. The van der Waals surface area contributed by atoms with Crippen LogP contribution in [0.15, 0.2) is 0 Å². The van der Waals surface area contributed by atoms with Crippen LogP contribution in [0.1, 0.15) is 0 Å². The number of carbonyl (C=O) groups excluding carboxylic acids is 1. The zero-order chi connectivity index (χ0) is 7.72. The number of aliphatic hydroxyl groups is 1. The van der Waals surface area contributed by atoms with Gasteiger partial charge in [0.05, 0.1) is 0 Å².